The first-order chi connectivity index (χ1) is 12.6. The molecule has 0 saturated carbocycles. The molecule has 7 nitrogen and oxygen atoms in total. The number of methoxy groups -OCH3 is 1. The molecular formula is C19H20N4O3. The van der Waals surface area contributed by atoms with E-state index >= 15 is 0 Å². The third kappa shape index (κ3) is 2.75. The summed E-state index contributed by atoms with van der Waals surface area (Å²) in [6, 6.07) is 9.56. The SMILES string of the molecule is COc1cc(C2CC(=O)Nc3cc(N4CCN(C)C4=O)ccc32)ccn1. The average Bonchev–Trinajstić information content (AvgIpc) is 2.99. The van der Waals surface area contributed by atoms with Crippen molar-refractivity contribution in [2.45, 2.75) is 12.3 Å². The number of nitrogens with zero attached hydrogens (tertiary/aromatic N) is 3. The number of carbonyl (C=O) groups excluding carboxylic acids is 2. The number of amides is 3. The lowest BCUT2D eigenvalue weighted by Crippen LogP contribution is -2.30. The highest BCUT2D eigenvalue weighted by Gasteiger charge is 2.30. The zero-order valence-electron chi connectivity index (χ0n) is 14.7. The Morgan fingerprint density at radius 3 is 2.77 bits per heavy atom. The molecular weight excluding hydrogens is 332 g/mol. The molecule has 0 radical (unpaired) electrons. The van der Waals surface area contributed by atoms with Crippen molar-refractivity contribution in [2.75, 3.05) is 37.5 Å². The minimum absolute atomic E-state index is 0.0255. The summed E-state index contributed by atoms with van der Waals surface area (Å²) in [5.41, 5.74) is 3.56. The molecule has 3 amide bonds. The van der Waals surface area contributed by atoms with Crippen LogP contribution in [0.2, 0.25) is 0 Å². The van der Waals surface area contributed by atoms with Gasteiger partial charge in [0.25, 0.3) is 0 Å². The van der Waals surface area contributed by atoms with Gasteiger partial charge in [0, 0.05) is 56.1 Å². The molecule has 1 unspecified atom stereocenters. The molecule has 0 spiro atoms. The second-order valence-electron chi connectivity index (χ2n) is 6.56. The van der Waals surface area contributed by atoms with Crippen molar-refractivity contribution in [1.29, 1.82) is 0 Å². The average molecular weight is 352 g/mol. The Morgan fingerprint density at radius 2 is 2.04 bits per heavy atom. The van der Waals surface area contributed by atoms with Crippen LogP contribution in [0.25, 0.3) is 0 Å². The molecule has 1 atom stereocenters. The van der Waals surface area contributed by atoms with Gasteiger partial charge >= 0.3 is 6.03 Å². The summed E-state index contributed by atoms with van der Waals surface area (Å²) in [7, 11) is 3.36. The predicted molar refractivity (Wildman–Crippen MR) is 97.7 cm³/mol. The largest absolute Gasteiger partial charge is 0.481 e. The van der Waals surface area contributed by atoms with Gasteiger partial charge in [0.2, 0.25) is 11.8 Å². The van der Waals surface area contributed by atoms with Crippen molar-refractivity contribution in [1.82, 2.24) is 9.88 Å². The van der Waals surface area contributed by atoms with Gasteiger partial charge in [0.05, 0.1) is 7.11 Å². The Bertz CT molecular complexity index is 883. The number of ether oxygens (including phenoxy) is 1. The molecule has 2 aliphatic rings. The fraction of sp³-hybridized carbons (Fsp3) is 0.316. The van der Waals surface area contributed by atoms with Crippen LogP contribution in [0.15, 0.2) is 36.5 Å². The first-order valence-corrected chi connectivity index (χ1v) is 8.53. The topological polar surface area (TPSA) is 74.8 Å². The van der Waals surface area contributed by atoms with Gasteiger partial charge in [0.15, 0.2) is 0 Å². The minimum atomic E-state index is -0.0679. The lowest BCUT2D eigenvalue weighted by atomic mass is 9.85. The number of hydrogen-bond acceptors (Lipinski definition) is 4. The van der Waals surface area contributed by atoms with Crippen LogP contribution in [0.4, 0.5) is 16.2 Å². The van der Waals surface area contributed by atoms with Crippen LogP contribution in [-0.2, 0) is 4.79 Å². The number of benzene rings is 1. The number of likely N-dealkylation sites (N-methyl/N-ethyl adjacent to an activating group) is 1. The number of rotatable bonds is 3. The van der Waals surface area contributed by atoms with E-state index in [-0.39, 0.29) is 17.9 Å². The zero-order chi connectivity index (χ0) is 18.3. The van der Waals surface area contributed by atoms with E-state index in [4.69, 9.17) is 4.74 Å². The number of anilines is 2. The molecule has 7 heteroatoms. The molecule has 0 aliphatic carbocycles. The minimum Gasteiger partial charge on any atom is -0.481 e. The van der Waals surface area contributed by atoms with E-state index in [1.165, 1.54) is 0 Å². The lowest BCUT2D eigenvalue weighted by molar-refractivity contribution is -0.116. The molecule has 1 aromatic heterocycles. The number of pyridine rings is 1. The molecule has 2 aliphatic heterocycles. The molecule has 1 saturated heterocycles. The maximum absolute atomic E-state index is 12.3. The van der Waals surface area contributed by atoms with E-state index in [1.54, 1.807) is 30.2 Å². The van der Waals surface area contributed by atoms with E-state index in [1.807, 2.05) is 30.3 Å². The highest BCUT2D eigenvalue weighted by atomic mass is 16.5. The normalized spacial score (nSPS) is 19.4. The first-order valence-electron chi connectivity index (χ1n) is 8.53. The van der Waals surface area contributed by atoms with E-state index < -0.39 is 0 Å². The summed E-state index contributed by atoms with van der Waals surface area (Å²) in [5, 5.41) is 2.94. The summed E-state index contributed by atoms with van der Waals surface area (Å²) < 4.78 is 5.21. The Hall–Kier alpha value is -3.09. The van der Waals surface area contributed by atoms with Crippen LogP contribution < -0.4 is 15.0 Å². The van der Waals surface area contributed by atoms with Crippen LogP contribution in [0.1, 0.15) is 23.5 Å². The summed E-state index contributed by atoms with van der Waals surface area (Å²) in [6.45, 7) is 1.34. The van der Waals surface area contributed by atoms with E-state index in [9.17, 15) is 9.59 Å². The van der Waals surface area contributed by atoms with Gasteiger partial charge in [-0.05, 0) is 29.3 Å². The first kappa shape index (κ1) is 16.4. The quantitative estimate of drug-likeness (QED) is 0.921. The standard InChI is InChI=1S/C19H20N4O3/c1-22-7-8-23(19(22)25)13-3-4-14-15(11-17(24)21-16(14)10-13)12-5-6-20-18(9-12)26-2/h3-6,9-10,15H,7-8,11H2,1-2H3,(H,21,24). The molecule has 3 heterocycles. The summed E-state index contributed by atoms with van der Waals surface area (Å²) in [6.07, 6.45) is 2.05. The molecule has 26 heavy (non-hydrogen) atoms. The van der Waals surface area contributed by atoms with Crippen LogP contribution in [0.5, 0.6) is 5.88 Å². The van der Waals surface area contributed by atoms with Gasteiger partial charge in [-0.2, -0.15) is 0 Å². The molecule has 1 aromatic carbocycles. The number of aromatic nitrogens is 1. The summed E-state index contributed by atoms with van der Waals surface area (Å²) >= 11 is 0. The second kappa shape index (κ2) is 6.33. The smallest absolute Gasteiger partial charge is 0.324 e. The molecule has 134 valence electrons. The van der Waals surface area contributed by atoms with Gasteiger partial charge in [-0.1, -0.05) is 6.07 Å². The molecule has 4 rings (SSSR count). The van der Waals surface area contributed by atoms with Crippen molar-refractivity contribution in [3.8, 4) is 5.88 Å². The highest BCUT2D eigenvalue weighted by Crippen LogP contribution is 2.39. The highest BCUT2D eigenvalue weighted by molar-refractivity contribution is 5.98. The fourth-order valence-electron chi connectivity index (χ4n) is 3.56. The summed E-state index contributed by atoms with van der Waals surface area (Å²) in [5.74, 6) is 0.416. The van der Waals surface area contributed by atoms with Crippen molar-refractivity contribution >= 4 is 23.3 Å². The Labute approximate surface area is 151 Å². The van der Waals surface area contributed by atoms with Gasteiger partial charge in [-0.25, -0.2) is 9.78 Å². The van der Waals surface area contributed by atoms with Gasteiger partial charge in [-0.3, -0.25) is 9.69 Å². The number of urea groups is 1. The van der Waals surface area contributed by atoms with E-state index in [2.05, 4.69) is 10.3 Å². The van der Waals surface area contributed by atoms with Gasteiger partial charge in [-0.15, -0.1) is 0 Å². The maximum Gasteiger partial charge on any atom is 0.324 e. The maximum atomic E-state index is 12.3. The van der Waals surface area contributed by atoms with Crippen molar-refractivity contribution in [3.05, 3.63) is 47.7 Å². The Kier molecular flexibility index (Phi) is 3.99. The fourth-order valence-corrected chi connectivity index (χ4v) is 3.56. The number of carbonyl (C=O) groups is 2. The monoisotopic (exact) mass is 352 g/mol. The van der Waals surface area contributed by atoms with E-state index in [0.29, 0.717) is 25.4 Å². The van der Waals surface area contributed by atoms with E-state index in [0.717, 1.165) is 22.5 Å². The van der Waals surface area contributed by atoms with Crippen molar-refractivity contribution in [2.24, 2.45) is 0 Å². The number of fused-ring (bicyclic) bond motifs is 1. The van der Waals surface area contributed by atoms with Crippen molar-refractivity contribution in [3.63, 3.8) is 0 Å². The third-order valence-corrected chi connectivity index (χ3v) is 4.97. The Morgan fingerprint density at radius 1 is 1.19 bits per heavy atom. The predicted octanol–water partition coefficient (Wildman–Crippen LogP) is 2.44. The molecule has 1 fully saturated rings. The Balaban J connectivity index is 1.72. The van der Waals surface area contributed by atoms with Crippen LogP contribution >= 0.6 is 0 Å². The zero-order valence-corrected chi connectivity index (χ0v) is 14.7. The van der Waals surface area contributed by atoms with Crippen LogP contribution in [-0.4, -0.2) is 49.1 Å². The number of nitrogens with one attached hydrogen (secondary N) is 1. The summed E-state index contributed by atoms with van der Waals surface area (Å²) in [4.78, 5) is 32.1. The van der Waals surface area contributed by atoms with Crippen LogP contribution in [0, 0.1) is 0 Å². The lowest BCUT2D eigenvalue weighted by Gasteiger charge is -2.27. The molecule has 0 bridgehead atoms. The van der Waals surface area contributed by atoms with Crippen LogP contribution in [0.3, 0.4) is 0 Å². The number of hydrogen-bond donors (Lipinski definition) is 1. The molecule has 2 aromatic rings. The van der Waals surface area contributed by atoms with Gasteiger partial charge in [0.1, 0.15) is 0 Å². The van der Waals surface area contributed by atoms with Crippen molar-refractivity contribution < 1.29 is 14.3 Å². The van der Waals surface area contributed by atoms with Gasteiger partial charge < -0.3 is 15.0 Å². The second-order valence-corrected chi connectivity index (χ2v) is 6.56. The third-order valence-electron chi connectivity index (χ3n) is 4.97. The molecule has 1 N–H and O–H groups in total.